The van der Waals surface area contributed by atoms with Crippen molar-refractivity contribution in [3.8, 4) is 5.75 Å². The third kappa shape index (κ3) is 3.10. The van der Waals surface area contributed by atoms with Crippen molar-refractivity contribution in [2.45, 2.75) is 19.1 Å². The van der Waals surface area contributed by atoms with Crippen LogP contribution in [-0.4, -0.2) is 29.9 Å². The van der Waals surface area contributed by atoms with Crippen LogP contribution in [0.25, 0.3) is 0 Å². The highest BCUT2D eigenvalue weighted by Crippen LogP contribution is 2.25. The third-order valence-electron chi connectivity index (χ3n) is 2.12. The predicted octanol–water partition coefficient (Wildman–Crippen LogP) is 1.24. The minimum atomic E-state index is -3.56. The monoisotopic (exact) mass is 259 g/mol. The fraction of sp³-hybridized carbons (Fsp3) is 0.300. The van der Waals surface area contributed by atoms with E-state index in [2.05, 4.69) is 4.72 Å². The molecule has 17 heavy (non-hydrogen) atoms. The van der Waals surface area contributed by atoms with E-state index in [0.29, 0.717) is 0 Å². The molecule has 0 aliphatic heterocycles. The Morgan fingerprint density at radius 2 is 1.94 bits per heavy atom. The molecule has 7 heteroatoms. The number of sulfonamides is 1. The van der Waals surface area contributed by atoms with E-state index in [4.69, 9.17) is 5.11 Å². The molecule has 1 rings (SSSR count). The van der Waals surface area contributed by atoms with Crippen LogP contribution in [0.4, 0.5) is 5.69 Å². The van der Waals surface area contributed by atoms with Crippen molar-refractivity contribution in [1.29, 1.82) is 0 Å². The highest BCUT2D eigenvalue weighted by Gasteiger charge is 2.18. The van der Waals surface area contributed by atoms with Gasteiger partial charge in [-0.05, 0) is 32.0 Å². The number of aromatic carboxylic acids is 1. The average molecular weight is 259 g/mol. The molecule has 1 aromatic carbocycles. The highest BCUT2D eigenvalue weighted by molar-refractivity contribution is 7.93. The zero-order chi connectivity index (χ0) is 13.2. The summed E-state index contributed by atoms with van der Waals surface area (Å²) in [6.07, 6.45) is 0. The molecule has 0 unspecified atom stereocenters. The number of carboxylic acids is 1. The second-order valence-corrected chi connectivity index (χ2v) is 5.97. The lowest BCUT2D eigenvalue weighted by Gasteiger charge is -2.12. The second-order valence-electron chi connectivity index (χ2n) is 3.73. The molecule has 0 saturated heterocycles. The molecular formula is C10H13NO5S. The van der Waals surface area contributed by atoms with Gasteiger partial charge in [0.25, 0.3) is 0 Å². The van der Waals surface area contributed by atoms with Crippen LogP contribution in [0.1, 0.15) is 24.2 Å². The number of phenols is 1. The van der Waals surface area contributed by atoms with E-state index in [1.54, 1.807) is 0 Å². The molecule has 0 saturated carbocycles. The Hall–Kier alpha value is -1.76. The van der Waals surface area contributed by atoms with Crippen LogP contribution in [0, 0.1) is 0 Å². The maximum absolute atomic E-state index is 11.5. The molecule has 94 valence electrons. The van der Waals surface area contributed by atoms with Gasteiger partial charge < -0.3 is 10.2 Å². The van der Waals surface area contributed by atoms with E-state index in [1.165, 1.54) is 26.0 Å². The summed E-state index contributed by atoms with van der Waals surface area (Å²) >= 11 is 0. The summed E-state index contributed by atoms with van der Waals surface area (Å²) in [5.41, 5.74) is -0.154. The normalized spacial score (nSPS) is 11.5. The van der Waals surface area contributed by atoms with Crippen molar-refractivity contribution in [1.82, 2.24) is 0 Å². The van der Waals surface area contributed by atoms with E-state index in [0.717, 1.165) is 6.07 Å². The second kappa shape index (κ2) is 4.62. The van der Waals surface area contributed by atoms with Gasteiger partial charge in [-0.3, -0.25) is 4.72 Å². The summed E-state index contributed by atoms with van der Waals surface area (Å²) in [5.74, 6) is -1.62. The van der Waals surface area contributed by atoms with Crippen LogP contribution in [0.2, 0.25) is 0 Å². The zero-order valence-corrected chi connectivity index (χ0v) is 10.2. The van der Waals surface area contributed by atoms with Gasteiger partial charge in [0, 0.05) is 0 Å². The third-order valence-corrected chi connectivity index (χ3v) is 3.86. The van der Waals surface area contributed by atoms with Gasteiger partial charge in [0.2, 0.25) is 10.0 Å². The Morgan fingerprint density at radius 3 is 2.35 bits per heavy atom. The van der Waals surface area contributed by atoms with Crippen LogP contribution < -0.4 is 4.72 Å². The molecule has 0 aromatic heterocycles. The summed E-state index contributed by atoms with van der Waals surface area (Å²) in [7, 11) is -3.56. The number of aromatic hydroxyl groups is 1. The molecule has 0 fully saturated rings. The molecule has 0 spiro atoms. The number of carbonyl (C=O) groups is 1. The smallest absolute Gasteiger partial charge is 0.335 e. The molecule has 0 heterocycles. The molecule has 1 aromatic rings. The fourth-order valence-corrected chi connectivity index (χ4v) is 1.74. The van der Waals surface area contributed by atoms with Crippen molar-refractivity contribution < 1.29 is 23.4 Å². The molecule has 0 amide bonds. The first-order chi connectivity index (χ1) is 7.74. The Bertz CT molecular complexity index is 536. The maximum Gasteiger partial charge on any atom is 0.335 e. The van der Waals surface area contributed by atoms with Gasteiger partial charge in [0.05, 0.1) is 16.5 Å². The summed E-state index contributed by atoms with van der Waals surface area (Å²) < 4.78 is 25.2. The van der Waals surface area contributed by atoms with E-state index in [-0.39, 0.29) is 11.3 Å². The van der Waals surface area contributed by atoms with Crippen LogP contribution in [-0.2, 0) is 10.0 Å². The lowest BCUT2D eigenvalue weighted by molar-refractivity contribution is 0.0696. The van der Waals surface area contributed by atoms with Crippen LogP contribution in [0.5, 0.6) is 5.75 Å². The molecule has 0 aliphatic carbocycles. The molecular weight excluding hydrogens is 246 g/mol. The van der Waals surface area contributed by atoms with Gasteiger partial charge in [0.1, 0.15) is 5.75 Å². The number of hydrogen-bond donors (Lipinski definition) is 3. The minimum absolute atomic E-state index is 0.0382. The van der Waals surface area contributed by atoms with Gasteiger partial charge in [-0.2, -0.15) is 0 Å². The first-order valence-electron chi connectivity index (χ1n) is 4.82. The van der Waals surface area contributed by atoms with E-state index in [1.807, 2.05) is 0 Å². The Morgan fingerprint density at radius 1 is 1.35 bits per heavy atom. The van der Waals surface area contributed by atoms with E-state index >= 15 is 0 Å². The Labute approximate surface area is 99.0 Å². The van der Waals surface area contributed by atoms with Crippen molar-refractivity contribution in [2.75, 3.05) is 4.72 Å². The zero-order valence-electron chi connectivity index (χ0n) is 9.34. The Balaban J connectivity index is 3.06. The summed E-state index contributed by atoms with van der Waals surface area (Å²) in [6, 6.07) is 3.40. The Kier molecular flexibility index (Phi) is 3.62. The molecule has 0 aliphatic rings. The number of carboxylic acid groups (broad SMARTS) is 1. The standard InChI is InChI=1S/C10H13NO5S/c1-6(2)17(15,16)11-8-4-3-7(10(13)14)5-9(8)12/h3-6,11-12H,1-2H3,(H,13,14). The number of nitrogens with one attached hydrogen (secondary N) is 1. The van der Waals surface area contributed by atoms with Crippen LogP contribution in [0.3, 0.4) is 0 Å². The number of hydrogen-bond acceptors (Lipinski definition) is 4. The predicted molar refractivity (Wildman–Crippen MR) is 62.7 cm³/mol. The SMILES string of the molecule is CC(C)S(=O)(=O)Nc1ccc(C(=O)O)cc1O. The van der Waals surface area contributed by atoms with Crippen molar-refractivity contribution in [3.63, 3.8) is 0 Å². The minimum Gasteiger partial charge on any atom is -0.506 e. The van der Waals surface area contributed by atoms with Gasteiger partial charge in [0.15, 0.2) is 0 Å². The molecule has 3 N–H and O–H groups in total. The van der Waals surface area contributed by atoms with E-state index in [9.17, 15) is 18.3 Å². The number of rotatable bonds is 4. The highest BCUT2D eigenvalue weighted by atomic mass is 32.2. The summed E-state index contributed by atoms with van der Waals surface area (Å²) in [5, 5.41) is 17.5. The first kappa shape index (κ1) is 13.3. The number of benzene rings is 1. The lowest BCUT2D eigenvalue weighted by Crippen LogP contribution is -2.22. The summed E-state index contributed by atoms with van der Waals surface area (Å²) in [6.45, 7) is 2.98. The maximum atomic E-state index is 11.5. The fourth-order valence-electron chi connectivity index (χ4n) is 1.02. The lowest BCUT2D eigenvalue weighted by atomic mass is 10.2. The van der Waals surface area contributed by atoms with Gasteiger partial charge in [-0.1, -0.05) is 0 Å². The first-order valence-corrected chi connectivity index (χ1v) is 6.36. The van der Waals surface area contributed by atoms with E-state index < -0.39 is 27.0 Å². The van der Waals surface area contributed by atoms with Gasteiger partial charge >= 0.3 is 5.97 Å². The number of phenolic OH excluding ortho intramolecular Hbond substituents is 1. The largest absolute Gasteiger partial charge is 0.506 e. The van der Waals surface area contributed by atoms with Gasteiger partial charge in [-0.25, -0.2) is 13.2 Å². The molecule has 0 atom stereocenters. The van der Waals surface area contributed by atoms with Crippen LogP contribution >= 0.6 is 0 Å². The van der Waals surface area contributed by atoms with Crippen molar-refractivity contribution >= 4 is 21.7 Å². The average Bonchev–Trinajstić information content (AvgIpc) is 2.20. The van der Waals surface area contributed by atoms with Crippen molar-refractivity contribution in [3.05, 3.63) is 23.8 Å². The van der Waals surface area contributed by atoms with Crippen LogP contribution in [0.15, 0.2) is 18.2 Å². The van der Waals surface area contributed by atoms with Crippen molar-refractivity contribution in [2.24, 2.45) is 0 Å². The van der Waals surface area contributed by atoms with Gasteiger partial charge in [-0.15, -0.1) is 0 Å². The topological polar surface area (TPSA) is 104 Å². The molecule has 0 bridgehead atoms. The quantitative estimate of drug-likeness (QED) is 0.706. The molecule has 6 nitrogen and oxygen atoms in total. The summed E-state index contributed by atoms with van der Waals surface area (Å²) in [4.78, 5) is 10.6. The molecule has 0 radical (unpaired) electrons. The number of anilines is 1.